The minimum absolute atomic E-state index is 0.269. The Morgan fingerprint density at radius 2 is 1.11 bits per heavy atom. The lowest BCUT2D eigenvalue weighted by atomic mass is 10.1. The van der Waals surface area contributed by atoms with Crippen molar-refractivity contribution in [3.8, 4) is 0 Å². The van der Waals surface area contributed by atoms with Crippen LogP contribution in [0.3, 0.4) is 0 Å². The van der Waals surface area contributed by atoms with Crippen LogP contribution >= 0.6 is 24.4 Å². The van der Waals surface area contributed by atoms with E-state index in [0.717, 1.165) is 32.1 Å². The Kier molecular flexibility index (Phi) is 22.1. The molecule has 1 aliphatic heterocycles. The number of rotatable bonds is 24. The first kappa shape index (κ1) is 34.7. The second kappa shape index (κ2) is 23.5. The Hall–Kier alpha value is -0.340. The zero-order valence-corrected chi connectivity index (χ0v) is 25.4. The number of unbranched alkanes of at least 4 members (excludes halogenated alkanes) is 16. The van der Waals surface area contributed by atoms with Crippen LogP contribution in [0.1, 0.15) is 142 Å². The van der Waals surface area contributed by atoms with Crippen LogP contribution in [0, 0.1) is 0 Å². The number of aliphatic hydroxyl groups excluding tert-OH is 2. The molecule has 5 nitrogen and oxygen atoms in total. The van der Waals surface area contributed by atoms with Crippen LogP contribution in [0.4, 0.5) is 0 Å². The summed E-state index contributed by atoms with van der Waals surface area (Å²) >= 11 is 11.0. The molecule has 0 amide bonds. The van der Waals surface area contributed by atoms with Gasteiger partial charge in [-0.3, -0.25) is 0 Å². The largest absolute Gasteiger partial charge is 0.477 e. The molecular formula is C30H56O5S2. The molecule has 0 bridgehead atoms. The van der Waals surface area contributed by atoms with E-state index >= 15 is 0 Å². The molecule has 1 aliphatic rings. The number of thiocarbonyl (C=S) groups is 2. The summed E-state index contributed by atoms with van der Waals surface area (Å²) in [5, 5.41) is 20.8. The third-order valence-electron chi connectivity index (χ3n) is 7.23. The van der Waals surface area contributed by atoms with Gasteiger partial charge in [-0.15, -0.1) is 0 Å². The van der Waals surface area contributed by atoms with Crippen molar-refractivity contribution in [3.05, 3.63) is 0 Å². The van der Waals surface area contributed by atoms with Crippen LogP contribution in [-0.2, 0) is 14.2 Å². The number of ether oxygens (including phenoxy) is 3. The minimum atomic E-state index is -1.04. The zero-order chi connectivity index (χ0) is 27.1. The minimum Gasteiger partial charge on any atom is -0.477 e. The molecule has 0 aromatic rings. The first-order valence-corrected chi connectivity index (χ1v) is 16.1. The first-order valence-electron chi connectivity index (χ1n) is 15.3. The van der Waals surface area contributed by atoms with E-state index in [0.29, 0.717) is 16.5 Å². The maximum Gasteiger partial charge on any atom is 0.167 e. The van der Waals surface area contributed by atoms with Gasteiger partial charge in [-0.05, 0) is 37.3 Å². The van der Waals surface area contributed by atoms with Crippen LogP contribution in [0.5, 0.6) is 0 Å². The normalized spacial score (nSPS) is 20.2. The highest BCUT2D eigenvalue weighted by Gasteiger charge is 2.45. The highest BCUT2D eigenvalue weighted by molar-refractivity contribution is 7.80. The van der Waals surface area contributed by atoms with Gasteiger partial charge in [0.05, 0.1) is 13.2 Å². The maximum atomic E-state index is 10.2. The molecule has 0 spiro atoms. The molecular weight excluding hydrogens is 504 g/mol. The summed E-state index contributed by atoms with van der Waals surface area (Å²) in [6.07, 6.45) is 21.4. The molecule has 0 aromatic heterocycles. The topological polar surface area (TPSA) is 68.2 Å². The average Bonchev–Trinajstić information content (AvgIpc) is 3.27. The highest BCUT2D eigenvalue weighted by Crippen LogP contribution is 2.26. The van der Waals surface area contributed by atoms with Crippen molar-refractivity contribution in [1.29, 1.82) is 0 Å². The van der Waals surface area contributed by atoms with Gasteiger partial charge < -0.3 is 24.4 Å². The van der Waals surface area contributed by atoms with E-state index in [-0.39, 0.29) is 6.61 Å². The van der Waals surface area contributed by atoms with Gasteiger partial charge in [-0.25, -0.2) is 0 Å². The predicted octanol–water partition coefficient (Wildman–Crippen LogP) is 8.01. The van der Waals surface area contributed by atoms with E-state index in [9.17, 15) is 10.2 Å². The summed E-state index contributed by atoms with van der Waals surface area (Å²) in [4.78, 5) is 0. The Labute approximate surface area is 238 Å². The number of aliphatic hydroxyl groups is 2. The van der Waals surface area contributed by atoms with Crippen molar-refractivity contribution in [3.63, 3.8) is 0 Å². The van der Waals surface area contributed by atoms with E-state index in [2.05, 4.69) is 13.8 Å². The third-order valence-corrected chi connectivity index (χ3v) is 7.83. The molecule has 1 fully saturated rings. The van der Waals surface area contributed by atoms with E-state index in [1.807, 2.05) is 0 Å². The Bertz CT molecular complexity index is 574. The van der Waals surface area contributed by atoms with Gasteiger partial charge in [0.1, 0.15) is 12.2 Å². The zero-order valence-electron chi connectivity index (χ0n) is 23.8. The van der Waals surface area contributed by atoms with E-state index in [1.165, 1.54) is 89.9 Å². The second-order valence-corrected chi connectivity index (χ2v) is 11.6. The van der Waals surface area contributed by atoms with Gasteiger partial charge in [0, 0.05) is 12.8 Å². The lowest BCUT2D eigenvalue weighted by Crippen LogP contribution is -2.44. The molecule has 4 atom stereocenters. The number of hydrogen-bond acceptors (Lipinski definition) is 7. The SMILES string of the molecule is CCCCCCCCCCCC(=S)O[C@@H]1[C@H]([C@@H](O)CO)OC[C@H]1OC(=S)CCCCCCCCCCC. The van der Waals surface area contributed by atoms with Crippen LogP contribution in [0.25, 0.3) is 0 Å². The quantitative estimate of drug-likeness (QED) is 0.0915. The number of hydrogen-bond donors (Lipinski definition) is 2. The summed E-state index contributed by atoms with van der Waals surface area (Å²) in [5.74, 6) is 0. The fourth-order valence-corrected chi connectivity index (χ4v) is 5.41. The molecule has 0 aromatic carbocycles. The smallest absolute Gasteiger partial charge is 0.167 e. The lowest BCUT2D eigenvalue weighted by Gasteiger charge is -2.27. The van der Waals surface area contributed by atoms with Gasteiger partial charge in [-0.1, -0.05) is 117 Å². The van der Waals surface area contributed by atoms with Crippen LogP contribution in [0.2, 0.25) is 0 Å². The van der Waals surface area contributed by atoms with Crippen molar-refractivity contribution in [2.45, 2.75) is 167 Å². The van der Waals surface area contributed by atoms with Crippen molar-refractivity contribution in [1.82, 2.24) is 0 Å². The summed E-state index contributed by atoms with van der Waals surface area (Å²) in [6, 6.07) is 0. The van der Waals surface area contributed by atoms with Crippen LogP contribution in [-0.4, -0.2) is 57.9 Å². The Morgan fingerprint density at radius 3 is 1.54 bits per heavy atom. The van der Waals surface area contributed by atoms with Crippen molar-refractivity contribution < 1.29 is 24.4 Å². The molecule has 218 valence electrons. The maximum absolute atomic E-state index is 10.2. The Morgan fingerprint density at radius 1 is 0.703 bits per heavy atom. The molecule has 1 rings (SSSR count). The van der Waals surface area contributed by atoms with Crippen molar-refractivity contribution in [2.24, 2.45) is 0 Å². The summed E-state index contributed by atoms with van der Waals surface area (Å²) < 4.78 is 17.9. The van der Waals surface area contributed by atoms with E-state index in [1.54, 1.807) is 0 Å². The fourth-order valence-electron chi connectivity index (χ4n) is 4.88. The summed E-state index contributed by atoms with van der Waals surface area (Å²) in [6.45, 7) is 4.37. The molecule has 0 radical (unpaired) electrons. The van der Waals surface area contributed by atoms with E-state index < -0.39 is 31.0 Å². The van der Waals surface area contributed by atoms with Crippen LogP contribution < -0.4 is 0 Å². The third kappa shape index (κ3) is 17.1. The van der Waals surface area contributed by atoms with Crippen molar-refractivity contribution in [2.75, 3.05) is 13.2 Å². The molecule has 0 unspecified atom stereocenters. The van der Waals surface area contributed by atoms with Gasteiger partial charge >= 0.3 is 0 Å². The monoisotopic (exact) mass is 560 g/mol. The molecule has 0 saturated carbocycles. The first-order chi connectivity index (χ1) is 18.0. The molecule has 1 saturated heterocycles. The van der Waals surface area contributed by atoms with Crippen LogP contribution in [0.15, 0.2) is 0 Å². The molecule has 37 heavy (non-hydrogen) atoms. The highest BCUT2D eigenvalue weighted by atomic mass is 32.1. The summed E-state index contributed by atoms with van der Waals surface area (Å²) in [7, 11) is 0. The predicted molar refractivity (Wildman–Crippen MR) is 161 cm³/mol. The van der Waals surface area contributed by atoms with Gasteiger partial charge in [-0.2, -0.15) is 0 Å². The Balaban J connectivity index is 2.31. The molecule has 1 heterocycles. The van der Waals surface area contributed by atoms with E-state index in [4.69, 9.17) is 38.6 Å². The fraction of sp³-hybridized carbons (Fsp3) is 0.933. The van der Waals surface area contributed by atoms with Gasteiger partial charge in [0.15, 0.2) is 22.3 Å². The van der Waals surface area contributed by atoms with Gasteiger partial charge in [0.2, 0.25) is 0 Å². The average molecular weight is 561 g/mol. The molecule has 2 N–H and O–H groups in total. The standard InChI is InChI=1S/C30H56O5S2/c1-3-5-7-9-11-13-15-17-19-21-27(36)34-26-24-33-29(25(32)23-31)30(26)35-28(37)22-20-18-16-14-12-10-8-6-4-2/h25-26,29-32H,3-24H2,1-2H3/t25-,26+,29-,30-/m0/s1. The van der Waals surface area contributed by atoms with Gasteiger partial charge in [0.25, 0.3) is 0 Å². The second-order valence-electron chi connectivity index (χ2n) is 10.7. The molecule has 0 aliphatic carbocycles. The lowest BCUT2D eigenvalue weighted by molar-refractivity contribution is -0.0639. The molecule has 7 heteroatoms. The van der Waals surface area contributed by atoms with Crippen molar-refractivity contribution >= 4 is 34.5 Å². The summed E-state index contributed by atoms with van der Waals surface area (Å²) in [5.41, 5.74) is 0.